The summed E-state index contributed by atoms with van der Waals surface area (Å²) in [5, 5.41) is 11.6. The first kappa shape index (κ1) is 10.7. The van der Waals surface area contributed by atoms with Gasteiger partial charge in [-0.1, -0.05) is 0 Å². The third-order valence-corrected chi connectivity index (χ3v) is 2.11. The van der Waals surface area contributed by atoms with E-state index in [1.54, 1.807) is 13.2 Å². The van der Waals surface area contributed by atoms with E-state index in [4.69, 9.17) is 10.8 Å². The van der Waals surface area contributed by atoms with Crippen molar-refractivity contribution < 1.29 is 9.90 Å². The Morgan fingerprint density at radius 1 is 1.79 bits per heavy atom. The quantitative estimate of drug-likeness (QED) is 0.538. The number of likely N-dealkylation sites (N-methyl/N-ethyl adjacent to an activating group) is 1. The van der Waals surface area contributed by atoms with E-state index in [1.807, 2.05) is 12.1 Å². The van der Waals surface area contributed by atoms with Gasteiger partial charge < -0.3 is 21.1 Å². The maximum Gasteiger partial charge on any atom is 0.304 e. The second-order valence-electron chi connectivity index (χ2n) is 3.15. The Bertz CT molecular complexity index is 284. The van der Waals surface area contributed by atoms with Crippen molar-refractivity contribution in [3.8, 4) is 0 Å². The van der Waals surface area contributed by atoms with Crippen LogP contribution in [0.2, 0.25) is 0 Å². The molecule has 1 aromatic rings. The Kier molecular flexibility index (Phi) is 3.67. The number of aliphatic carboxylic acids is 1. The minimum atomic E-state index is -0.885. The Morgan fingerprint density at radius 3 is 2.93 bits per heavy atom. The summed E-state index contributed by atoms with van der Waals surface area (Å²) in [5.74, 6) is -0.885. The summed E-state index contributed by atoms with van der Waals surface area (Å²) in [4.78, 5) is 13.5. The summed E-state index contributed by atoms with van der Waals surface area (Å²) in [5.41, 5.74) is 6.66. The molecule has 5 N–H and O–H groups in total. The summed E-state index contributed by atoms with van der Waals surface area (Å²) >= 11 is 0. The molecule has 0 aromatic carbocycles. The van der Waals surface area contributed by atoms with E-state index in [1.165, 1.54) is 0 Å². The minimum Gasteiger partial charge on any atom is -0.481 e. The summed E-state index contributed by atoms with van der Waals surface area (Å²) in [6.07, 6.45) is 1.73. The van der Waals surface area contributed by atoms with Gasteiger partial charge in [0.2, 0.25) is 0 Å². The van der Waals surface area contributed by atoms with Crippen LogP contribution in [0, 0.1) is 0 Å². The fraction of sp³-hybridized carbons (Fsp3) is 0.444. The normalized spacial score (nSPS) is 15.0. The molecule has 78 valence electrons. The van der Waals surface area contributed by atoms with E-state index in [-0.39, 0.29) is 12.5 Å². The van der Waals surface area contributed by atoms with Gasteiger partial charge in [0.1, 0.15) is 0 Å². The van der Waals surface area contributed by atoms with Crippen LogP contribution in [0.4, 0.5) is 0 Å². The van der Waals surface area contributed by atoms with Crippen LogP contribution in [0.5, 0.6) is 0 Å². The van der Waals surface area contributed by atoms with Crippen LogP contribution in [0.3, 0.4) is 0 Å². The third kappa shape index (κ3) is 2.58. The number of aromatic nitrogens is 1. The standard InChI is InChI=1S/C9H15N3O2/c1-11-9(6(10)5-8(13)14)7-3-2-4-12-7/h2-4,6,9,11-12H,5,10H2,1H3,(H,13,14). The van der Waals surface area contributed by atoms with Crippen LogP contribution in [0.25, 0.3) is 0 Å². The molecule has 1 rings (SSSR count). The van der Waals surface area contributed by atoms with Crippen molar-refractivity contribution in [1.29, 1.82) is 0 Å². The molecule has 1 heterocycles. The van der Waals surface area contributed by atoms with Gasteiger partial charge in [-0.2, -0.15) is 0 Å². The number of carboxylic acids is 1. The Labute approximate surface area is 82.3 Å². The molecule has 2 atom stereocenters. The van der Waals surface area contributed by atoms with Crippen molar-refractivity contribution >= 4 is 5.97 Å². The van der Waals surface area contributed by atoms with E-state index in [2.05, 4.69) is 10.3 Å². The zero-order valence-corrected chi connectivity index (χ0v) is 8.03. The van der Waals surface area contributed by atoms with Gasteiger partial charge >= 0.3 is 5.97 Å². The lowest BCUT2D eigenvalue weighted by atomic mass is 10.0. The van der Waals surface area contributed by atoms with Gasteiger partial charge in [-0.15, -0.1) is 0 Å². The topological polar surface area (TPSA) is 91.1 Å². The van der Waals surface area contributed by atoms with Crippen molar-refractivity contribution in [3.63, 3.8) is 0 Å². The van der Waals surface area contributed by atoms with Crippen molar-refractivity contribution in [2.75, 3.05) is 7.05 Å². The summed E-state index contributed by atoms with van der Waals surface area (Å²) in [6.45, 7) is 0. The molecule has 0 aliphatic rings. The molecule has 0 aliphatic carbocycles. The summed E-state index contributed by atoms with van der Waals surface area (Å²) in [7, 11) is 1.76. The van der Waals surface area contributed by atoms with Crippen LogP contribution in [0.15, 0.2) is 18.3 Å². The number of carbonyl (C=O) groups is 1. The van der Waals surface area contributed by atoms with E-state index in [0.29, 0.717) is 0 Å². The summed E-state index contributed by atoms with van der Waals surface area (Å²) < 4.78 is 0. The highest BCUT2D eigenvalue weighted by atomic mass is 16.4. The highest BCUT2D eigenvalue weighted by Gasteiger charge is 2.20. The molecule has 2 unspecified atom stereocenters. The molecular weight excluding hydrogens is 182 g/mol. The zero-order chi connectivity index (χ0) is 10.6. The Balaban J connectivity index is 2.67. The predicted octanol–water partition coefficient (Wildman–Crippen LogP) is 0.0772. The number of rotatable bonds is 5. The molecule has 0 saturated heterocycles. The van der Waals surface area contributed by atoms with Gasteiger partial charge in [0.25, 0.3) is 0 Å². The lowest BCUT2D eigenvalue weighted by molar-refractivity contribution is -0.137. The first-order valence-electron chi connectivity index (χ1n) is 4.43. The third-order valence-electron chi connectivity index (χ3n) is 2.11. The number of nitrogens with two attached hydrogens (primary N) is 1. The van der Waals surface area contributed by atoms with Gasteiger partial charge in [0, 0.05) is 17.9 Å². The maximum absolute atomic E-state index is 10.5. The fourth-order valence-corrected chi connectivity index (χ4v) is 1.46. The average Bonchev–Trinajstić information content (AvgIpc) is 2.57. The first-order chi connectivity index (χ1) is 6.65. The molecule has 5 heteroatoms. The van der Waals surface area contributed by atoms with E-state index < -0.39 is 12.0 Å². The largest absolute Gasteiger partial charge is 0.481 e. The Morgan fingerprint density at radius 2 is 2.50 bits per heavy atom. The van der Waals surface area contributed by atoms with Gasteiger partial charge in [0.15, 0.2) is 0 Å². The number of hydrogen-bond acceptors (Lipinski definition) is 3. The van der Waals surface area contributed by atoms with Crippen LogP contribution >= 0.6 is 0 Å². The van der Waals surface area contributed by atoms with Crippen molar-refractivity contribution in [2.24, 2.45) is 5.73 Å². The maximum atomic E-state index is 10.5. The van der Waals surface area contributed by atoms with E-state index >= 15 is 0 Å². The monoisotopic (exact) mass is 197 g/mol. The molecule has 0 spiro atoms. The van der Waals surface area contributed by atoms with E-state index in [0.717, 1.165) is 5.69 Å². The second kappa shape index (κ2) is 4.78. The van der Waals surface area contributed by atoms with Gasteiger partial charge in [-0.05, 0) is 19.2 Å². The van der Waals surface area contributed by atoms with Crippen LogP contribution in [0.1, 0.15) is 18.2 Å². The van der Waals surface area contributed by atoms with Gasteiger partial charge in [0.05, 0.1) is 12.5 Å². The van der Waals surface area contributed by atoms with E-state index in [9.17, 15) is 4.79 Å². The lowest BCUT2D eigenvalue weighted by Gasteiger charge is -2.20. The van der Waals surface area contributed by atoms with Gasteiger partial charge in [-0.25, -0.2) is 0 Å². The molecule has 0 bridgehead atoms. The average molecular weight is 197 g/mol. The number of aromatic amines is 1. The molecule has 0 amide bonds. The molecular formula is C9H15N3O2. The number of H-pyrrole nitrogens is 1. The predicted molar refractivity (Wildman–Crippen MR) is 52.8 cm³/mol. The highest BCUT2D eigenvalue weighted by molar-refractivity contribution is 5.67. The molecule has 0 fully saturated rings. The van der Waals surface area contributed by atoms with Gasteiger partial charge in [-0.3, -0.25) is 4.79 Å². The lowest BCUT2D eigenvalue weighted by Crippen LogP contribution is -2.38. The SMILES string of the molecule is CNC(c1ccc[nH]1)C(N)CC(=O)O. The number of nitrogens with one attached hydrogen (secondary N) is 2. The zero-order valence-electron chi connectivity index (χ0n) is 8.03. The van der Waals surface area contributed by atoms with Crippen molar-refractivity contribution in [1.82, 2.24) is 10.3 Å². The second-order valence-corrected chi connectivity index (χ2v) is 3.15. The molecule has 1 aromatic heterocycles. The minimum absolute atomic E-state index is 0.0511. The van der Waals surface area contributed by atoms with Crippen LogP contribution in [-0.2, 0) is 4.79 Å². The molecule has 0 saturated carbocycles. The fourth-order valence-electron chi connectivity index (χ4n) is 1.46. The smallest absolute Gasteiger partial charge is 0.304 e. The molecule has 0 radical (unpaired) electrons. The number of carboxylic acid groups (broad SMARTS) is 1. The van der Waals surface area contributed by atoms with Crippen molar-refractivity contribution in [3.05, 3.63) is 24.0 Å². The first-order valence-corrected chi connectivity index (χ1v) is 4.43. The molecule has 14 heavy (non-hydrogen) atoms. The molecule has 5 nitrogen and oxygen atoms in total. The van der Waals surface area contributed by atoms with Crippen LogP contribution in [-0.4, -0.2) is 29.1 Å². The summed E-state index contributed by atoms with van der Waals surface area (Å²) in [6, 6.07) is 3.15. The van der Waals surface area contributed by atoms with Crippen molar-refractivity contribution in [2.45, 2.75) is 18.5 Å². The van der Waals surface area contributed by atoms with Crippen LogP contribution < -0.4 is 11.1 Å². The highest BCUT2D eigenvalue weighted by Crippen LogP contribution is 2.14. The molecule has 0 aliphatic heterocycles. The Hall–Kier alpha value is -1.33. The number of hydrogen-bond donors (Lipinski definition) is 4.